The highest BCUT2D eigenvalue weighted by Crippen LogP contribution is 2.13. The van der Waals surface area contributed by atoms with Crippen LogP contribution in [0.1, 0.15) is 18.5 Å². The van der Waals surface area contributed by atoms with E-state index in [4.69, 9.17) is 0 Å². The fraction of sp³-hybridized carbons (Fsp3) is 0.455. The highest BCUT2D eigenvalue weighted by Gasteiger charge is 2.23. The maximum Gasteiger partial charge on any atom is 0.238 e. The van der Waals surface area contributed by atoms with Gasteiger partial charge in [0.1, 0.15) is 0 Å². The highest BCUT2D eigenvalue weighted by atomic mass is 32.2. The Balaban J connectivity index is 1.92. The second-order valence-corrected chi connectivity index (χ2v) is 4.82. The van der Waals surface area contributed by atoms with Gasteiger partial charge in [-0.05, 0) is 18.6 Å². The van der Waals surface area contributed by atoms with E-state index < -0.39 is 0 Å². The third-order valence-corrected chi connectivity index (χ3v) is 3.52. The number of carbonyl (C=O) groups is 1. The zero-order valence-corrected chi connectivity index (χ0v) is 9.96. The SMILES string of the molecule is C[C@@H](NC(=O)C1CSCN1)c1cccnc1. The van der Waals surface area contributed by atoms with Crippen LogP contribution in [0.5, 0.6) is 0 Å². The molecule has 2 heterocycles. The van der Waals surface area contributed by atoms with Crippen LogP contribution in [0.15, 0.2) is 24.5 Å². The van der Waals surface area contributed by atoms with Gasteiger partial charge in [-0.1, -0.05) is 6.07 Å². The summed E-state index contributed by atoms with van der Waals surface area (Å²) >= 11 is 1.75. The Morgan fingerprint density at radius 2 is 2.62 bits per heavy atom. The van der Waals surface area contributed by atoms with Gasteiger partial charge < -0.3 is 5.32 Å². The summed E-state index contributed by atoms with van der Waals surface area (Å²) in [6.45, 7) is 1.97. The number of thioether (sulfide) groups is 1. The Kier molecular flexibility index (Phi) is 3.79. The quantitative estimate of drug-likeness (QED) is 0.821. The number of rotatable bonds is 3. The van der Waals surface area contributed by atoms with E-state index in [2.05, 4.69) is 15.6 Å². The molecule has 86 valence electrons. The predicted molar refractivity (Wildman–Crippen MR) is 65.0 cm³/mol. The first kappa shape index (κ1) is 11.4. The number of hydrogen-bond acceptors (Lipinski definition) is 4. The summed E-state index contributed by atoms with van der Waals surface area (Å²) in [5.41, 5.74) is 1.03. The van der Waals surface area contributed by atoms with Gasteiger partial charge in [0.25, 0.3) is 0 Å². The predicted octanol–water partition coefficient (Wildman–Crippen LogP) is 0.921. The van der Waals surface area contributed by atoms with Crippen molar-refractivity contribution < 1.29 is 4.79 Å². The minimum Gasteiger partial charge on any atom is -0.348 e. The van der Waals surface area contributed by atoms with Crippen LogP contribution in [-0.4, -0.2) is 28.6 Å². The van der Waals surface area contributed by atoms with Crippen molar-refractivity contribution in [3.05, 3.63) is 30.1 Å². The molecule has 2 rings (SSSR count). The molecule has 0 bridgehead atoms. The maximum atomic E-state index is 11.8. The molecule has 2 atom stereocenters. The highest BCUT2D eigenvalue weighted by molar-refractivity contribution is 7.99. The molecule has 0 spiro atoms. The molecule has 0 aliphatic carbocycles. The summed E-state index contributed by atoms with van der Waals surface area (Å²) in [5.74, 6) is 1.78. The maximum absolute atomic E-state index is 11.8. The fourth-order valence-electron chi connectivity index (χ4n) is 1.59. The van der Waals surface area contributed by atoms with Gasteiger partial charge in [0, 0.05) is 24.0 Å². The van der Waals surface area contributed by atoms with Gasteiger partial charge in [0.05, 0.1) is 12.1 Å². The average Bonchev–Trinajstić information content (AvgIpc) is 2.83. The molecule has 4 nitrogen and oxygen atoms in total. The Morgan fingerprint density at radius 1 is 1.75 bits per heavy atom. The lowest BCUT2D eigenvalue weighted by molar-refractivity contribution is -0.123. The molecular weight excluding hydrogens is 222 g/mol. The van der Waals surface area contributed by atoms with E-state index in [0.717, 1.165) is 17.2 Å². The van der Waals surface area contributed by atoms with E-state index in [0.29, 0.717) is 0 Å². The Bertz CT molecular complexity index is 352. The minimum absolute atomic E-state index is 0.00796. The number of pyridine rings is 1. The minimum atomic E-state index is -0.0517. The zero-order chi connectivity index (χ0) is 11.4. The van der Waals surface area contributed by atoms with E-state index in [1.165, 1.54) is 0 Å². The van der Waals surface area contributed by atoms with Crippen LogP contribution in [-0.2, 0) is 4.79 Å². The van der Waals surface area contributed by atoms with E-state index in [1.807, 2.05) is 19.1 Å². The Hall–Kier alpha value is -1.07. The van der Waals surface area contributed by atoms with Crippen LogP contribution in [0.25, 0.3) is 0 Å². The van der Waals surface area contributed by atoms with Crippen LogP contribution in [0.3, 0.4) is 0 Å². The lowest BCUT2D eigenvalue weighted by Gasteiger charge is -2.16. The van der Waals surface area contributed by atoms with Gasteiger partial charge in [0.15, 0.2) is 0 Å². The molecule has 0 saturated carbocycles. The van der Waals surface area contributed by atoms with Crippen molar-refractivity contribution in [1.29, 1.82) is 0 Å². The van der Waals surface area contributed by atoms with E-state index in [9.17, 15) is 4.79 Å². The molecular formula is C11H15N3OS. The number of carbonyl (C=O) groups excluding carboxylic acids is 1. The molecule has 0 aromatic carbocycles. The molecule has 1 saturated heterocycles. The third-order valence-electron chi connectivity index (χ3n) is 2.58. The second kappa shape index (κ2) is 5.32. The number of aromatic nitrogens is 1. The zero-order valence-electron chi connectivity index (χ0n) is 9.14. The Labute approximate surface area is 99.2 Å². The summed E-state index contributed by atoms with van der Waals surface area (Å²) in [4.78, 5) is 15.9. The van der Waals surface area contributed by atoms with Gasteiger partial charge in [-0.3, -0.25) is 15.1 Å². The summed E-state index contributed by atoms with van der Waals surface area (Å²) in [6, 6.07) is 3.80. The van der Waals surface area contributed by atoms with Gasteiger partial charge in [-0.15, -0.1) is 11.8 Å². The molecule has 16 heavy (non-hydrogen) atoms. The third kappa shape index (κ3) is 2.74. The molecule has 1 aliphatic rings. The summed E-state index contributed by atoms with van der Waals surface area (Å²) in [6.07, 6.45) is 3.51. The van der Waals surface area contributed by atoms with Crippen molar-refractivity contribution in [2.45, 2.75) is 19.0 Å². The summed E-state index contributed by atoms with van der Waals surface area (Å²) < 4.78 is 0. The molecule has 1 amide bonds. The number of nitrogens with zero attached hydrogens (tertiary/aromatic N) is 1. The van der Waals surface area contributed by atoms with Crippen LogP contribution in [0.2, 0.25) is 0 Å². The lowest BCUT2D eigenvalue weighted by atomic mass is 10.1. The van der Waals surface area contributed by atoms with Crippen molar-refractivity contribution >= 4 is 17.7 Å². The van der Waals surface area contributed by atoms with Gasteiger partial charge >= 0.3 is 0 Å². The lowest BCUT2D eigenvalue weighted by Crippen LogP contribution is -2.42. The topological polar surface area (TPSA) is 54.0 Å². The largest absolute Gasteiger partial charge is 0.348 e. The molecule has 1 aliphatic heterocycles. The molecule has 1 aromatic heterocycles. The van der Waals surface area contributed by atoms with Crippen LogP contribution >= 0.6 is 11.8 Å². The summed E-state index contributed by atoms with van der Waals surface area (Å²) in [7, 11) is 0. The first-order chi connectivity index (χ1) is 7.77. The second-order valence-electron chi connectivity index (χ2n) is 3.79. The molecule has 1 unspecified atom stereocenters. The van der Waals surface area contributed by atoms with E-state index in [-0.39, 0.29) is 18.0 Å². The first-order valence-electron chi connectivity index (χ1n) is 5.29. The van der Waals surface area contributed by atoms with Crippen molar-refractivity contribution in [3.63, 3.8) is 0 Å². The van der Waals surface area contributed by atoms with Gasteiger partial charge in [-0.25, -0.2) is 0 Å². The van der Waals surface area contributed by atoms with Crippen LogP contribution < -0.4 is 10.6 Å². The monoisotopic (exact) mass is 237 g/mol. The van der Waals surface area contributed by atoms with Crippen molar-refractivity contribution in [3.8, 4) is 0 Å². The van der Waals surface area contributed by atoms with Gasteiger partial charge in [0.2, 0.25) is 5.91 Å². The molecule has 1 fully saturated rings. The van der Waals surface area contributed by atoms with Crippen molar-refractivity contribution in [1.82, 2.24) is 15.6 Å². The van der Waals surface area contributed by atoms with Gasteiger partial charge in [-0.2, -0.15) is 0 Å². The van der Waals surface area contributed by atoms with Crippen molar-refractivity contribution in [2.75, 3.05) is 11.6 Å². The molecule has 0 radical (unpaired) electrons. The van der Waals surface area contributed by atoms with E-state index in [1.54, 1.807) is 24.2 Å². The smallest absolute Gasteiger partial charge is 0.238 e. The molecule has 5 heteroatoms. The molecule has 2 N–H and O–H groups in total. The Morgan fingerprint density at radius 3 is 3.25 bits per heavy atom. The summed E-state index contributed by atoms with van der Waals surface area (Å²) in [5, 5.41) is 6.13. The van der Waals surface area contributed by atoms with Crippen LogP contribution in [0.4, 0.5) is 0 Å². The molecule has 1 aromatic rings. The number of amides is 1. The number of hydrogen-bond donors (Lipinski definition) is 2. The standard InChI is InChI=1S/C11H15N3OS/c1-8(9-3-2-4-12-5-9)14-11(15)10-6-16-7-13-10/h2-5,8,10,13H,6-7H2,1H3,(H,14,15)/t8-,10?/m1/s1. The van der Waals surface area contributed by atoms with E-state index >= 15 is 0 Å². The number of nitrogens with one attached hydrogen (secondary N) is 2. The van der Waals surface area contributed by atoms with Crippen LogP contribution in [0, 0.1) is 0 Å². The van der Waals surface area contributed by atoms with Crippen molar-refractivity contribution in [2.24, 2.45) is 0 Å². The average molecular weight is 237 g/mol. The normalized spacial score (nSPS) is 21.7. The first-order valence-corrected chi connectivity index (χ1v) is 6.44. The fourth-order valence-corrected chi connectivity index (χ4v) is 2.53.